The number of rotatable bonds is 7. The van der Waals surface area contributed by atoms with Crippen LogP contribution in [-0.2, 0) is 0 Å². The van der Waals surface area contributed by atoms with E-state index in [-0.39, 0.29) is 11.5 Å². The Morgan fingerprint density at radius 2 is 1.69 bits per heavy atom. The number of aliphatic hydroxyl groups excluding tert-OH is 1. The Morgan fingerprint density at radius 3 is 2.06 bits per heavy atom. The highest BCUT2D eigenvalue weighted by Gasteiger charge is 2.41. The van der Waals surface area contributed by atoms with Crippen molar-refractivity contribution >= 4 is 0 Å². The molecule has 2 nitrogen and oxygen atoms in total. The van der Waals surface area contributed by atoms with Gasteiger partial charge in [-0.2, -0.15) is 0 Å². The second kappa shape index (κ2) is 4.66. The van der Waals surface area contributed by atoms with Gasteiger partial charge in [-0.1, -0.05) is 13.8 Å². The summed E-state index contributed by atoms with van der Waals surface area (Å²) in [5.74, 6) is 1.93. The van der Waals surface area contributed by atoms with Gasteiger partial charge >= 0.3 is 0 Å². The normalized spacial score (nSPS) is 23.8. The molecule has 0 aromatic carbocycles. The molecule has 2 aliphatic carbocycles. The van der Waals surface area contributed by atoms with E-state index in [4.69, 9.17) is 0 Å². The molecule has 0 aromatic heterocycles. The highest BCUT2D eigenvalue weighted by molar-refractivity contribution is 4.97. The lowest BCUT2D eigenvalue weighted by Gasteiger charge is -2.29. The van der Waals surface area contributed by atoms with Crippen LogP contribution in [0.25, 0.3) is 0 Å². The van der Waals surface area contributed by atoms with Gasteiger partial charge in [-0.15, -0.1) is 0 Å². The van der Waals surface area contributed by atoms with Crippen LogP contribution in [0.5, 0.6) is 0 Å². The Bertz CT molecular complexity index is 217. The van der Waals surface area contributed by atoms with Gasteiger partial charge in [0.2, 0.25) is 0 Å². The number of nitrogens with one attached hydrogen (secondary N) is 1. The van der Waals surface area contributed by atoms with Crippen molar-refractivity contribution in [3.8, 4) is 0 Å². The summed E-state index contributed by atoms with van der Waals surface area (Å²) in [4.78, 5) is 0. The molecule has 2 fully saturated rings. The van der Waals surface area contributed by atoms with Crippen molar-refractivity contribution in [3.05, 3.63) is 0 Å². The van der Waals surface area contributed by atoms with E-state index < -0.39 is 0 Å². The molecule has 2 N–H and O–H groups in total. The largest absolute Gasteiger partial charge is 0.393 e. The van der Waals surface area contributed by atoms with Crippen LogP contribution in [0.1, 0.15) is 52.9 Å². The van der Waals surface area contributed by atoms with Crippen molar-refractivity contribution in [2.24, 2.45) is 17.3 Å². The molecule has 2 rings (SSSR count). The molecule has 1 unspecified atom stereocenters. The van der Waals surface area contributed by atoms with E-state index in [9.17, 15) is 5.11 Å². The van der Waals surface area contributed by atoms with E-state index in [1.807, 2.05) is 6.92 Å². The summed E-state index contributed by atoms with van der Waals surface area (Å²) in [6, 6.07) is 0.785. The fourth-order valence-corrected chi connectivity index (χ4v) is 2.89. The van der Waals surface area contributed by atoms with E-state index >= 15 is 0 Å². The lowest BCUT2D eigenvalue weighted by Crippen LogP contribution is -2.40. The molecule has 0 radical (unpaired) electrons. The minimum Gasteiger partial charge on any atom is -0.393 e. The maximum absolute atomic E-state index is 9.47. The number of hydrogen-bond acceptors (Lipinski definition) is 2. The molecule has 94 valence electrons. The Kier molecular flexibility index (Phi) is 3.60. The van der Waals surface area contributed by atoms with Gasteiger partial charge in [0.15, 0.2) is 0 Å². The monoisotopic (exact) mass is 225 g/mol. The maximum atomic E-state index is 9.47. The molecule has 2 heteroatoms. The zero-order valence-corrected chi connectivity index (χ0v) is 11.0. The van der Waals surface area contributed by atoms with E-state index in [0.717, 1.165) is 30.8 Å². The van der Waals surface area contributed by atoms with Gasteiger partial charge in [0.05, 0.1) is 6.10 Å². The van der Waals surface area contributed by atoms with Gasteiger partial charge in [-0.05, 0) is 56.3 Å². The Labute approximate surface area is 99.8 Å². The molecule has 0 saturated heterocycles. The predicted octanol–water partition coefficient (Wildman–Crippen LogP) is 2.56. The van der Waals surface area contributed by atoms with Gasteiger partial charge in [0.1, 0.15) is 0 Å². The fourth-order valence-electron chi connectivity index (χ4n) is 2.89. The topological polar surface area (TPSA) is 32.3 Å². The summed E-state index contributed by atoms with van der Waals surface area (Å²) in [5, 5.41) is 13.2. The standard InChI is InChI=1S/C14H27NO/c1-10(16)8-14(2,3)9-15-13(11-4-5-11)12-6-7-12/h10-13,15-16H,4-9H2,1-3H3. The molecule has 0 aliphatic heterocycles. The van der Waals surface area contributed by atoms with E-state index in [0.29, 0.717) is 0 Å². The minimum absolute atomic E-state index is 0.183. The van der Waals surface area contributed by atoms with Crippen LogP contribution in [0.2, 0.25) is 0 Å². The summed E-state index contributed by atoms with van der Waals surface area (Å²) in [6.45, 7) is 7.45. The van der Waals surface area contributed by atoms with Gasteiger partial charge in [-0.3, -0.25) is 0 Å². The van der Waals surface area contributed by atoms with Crippen LogP contribution in [0, 0.1) is 17.3 Å². The van der Waals surface area contributed by atoms with E-state index in [1.54, 1.807) is 0 Å². The molecule has 0 spiro atoms. The first-order chi connectivity index (χ1) is 7.48. The summed E-state index contributed by atoms with van der Waals surface area (Å²) in [6.07, 6.45) is 6.45. The molecule has 1 atom stereocenters. The molecule has 16 heavy (non-hydrogen) atoms. The smallest absolute Gasteiger partial charge is 0.0517 e. The molecule has 0 amide bonds. The highest BCUT2D eigenvalue weighted by Crippen LogP contribution is 2.44. The average molecular weight is 225 g/mol. The van der Waals surface area contributed by atoms with E-state index in [2.05, 4.69) is 19.2 Å². The van der Waals surface area contributed by atoms with Gasteiger partial charge in [-0.25, -0.2) is 0 Å². The second-order valence-corrected chi connectivity index (χ2v) is 6.80. The number of hydrogen-bond donors (Lipinski definition) is 2. The highest BCUT2D eigenvalue weighted by atomic mass is 16.3. The van der Waals surface area contributed by atoms with Crippen LogP contribution >= 0.6 is 0 Å². The third kappa shape index (κ3) is 3.74. The molecule has 2 saturated carbocycles. The maximum Gasteiger partial charge on any atom is 0.0517 e. The Balaban J connectivity index is 1.75. The summed E-state index contributed by atoms with van der Waals surface area (Å²) in [7, 11) is 0. The van der Waals surface area contributed by atoms with Crippen molar-refractivity contribution in [1.82, 2.24) is 5.32 Å². The zero-order valence-electron chi connectivity index (χ0n) is 11.0. The summed E-state index contributed by atoms with van der Waals surface area (Å²) >= 11 is 0. The number of aliphatic hydroxyl groups is 1. The Morgan fingerprint density at radius 1 is 1.19 bits per heavy atom. The van der Waals surface area contributed by atoms with Crippen molar-refractivity contribution in [2.75, 3.05) is 6.54 Å². The molecular formula is C14H27NO. The fraction of sp³-hybridized carbons (Fsp3) is 1.00. The van der Waals surface area contributed by atoms with Gasteiger partial charge in [0.25, 0.3) is 0 Å². The van der Waals surface area contributed by atoms with Crippen LogP contribution in [0.3, 0.4) is 0 Å². The average Bonchev–Trinajstić information content (AvgIpc) is 2.97. The summed E-state index contributed by atoms with van der Waals surface area (Å²) < 4.78 is 0. The van der Waals surface area contributed by atoms with E-state index in [1.165, 1.54) is 25.7 Å². The lowest BCUT2D eigenvalue weighted by molar-refractivity contribution is 0.125. The zero-order chi connectivity index (χ0) is 11.8. The molecule has 0 heterocycles. The third-order valence-corrected chi connectivity index (χ3v) is 3.92. The van der Waals surface area contributed by atoms with Crippen LogP contribution in [0.15, 0.2) is 0 Å². The van der Waals surface area contributed by atoms with Crippen molar-refractivity contribution in [1.29, 1.82) is 0 Å². The van der Waals surface area contributed by atoms with Crippen molar-refractivity contribution in [3.63, 3.8) is 0 Å². The van der Waals surface area contributed by atoms with Crippen molar-refractivity contribution < 1.29 is 5.11 Å². The lowest BCUT2D eigenvalue weighted by atomic mass is 9.86. The third-order valence-electron chi connectivity index (χ3n) is 3.92. The van der Waals surface area contributed by atoms with Gasteiger partial charge < -0.3 is 10.4 Å². The first-order valence-electron chi connectivity index (χ1n) is 6.89. The first-order valence-corrected chi connectivity index (χ1v) is 6.89. The SMILES string of the molecule is CC(O)CC(C)(C)CNC(C1CC1)C1CC1. The molecular weight excluding hydrogens is 198 g/mol. The second-order valence-electron chi connectivity index (χ2n) is 6.80. The molecule has 0 bridgehead atoms. The van der Waals surface area contributed by atoms with Crippen LogP contribution in [-0.4, -0.2) is 23.8 Å². The van der Waals surface area contributed by atoms with Crippen LogP contribution < -0.4 is 5.32 Å². The predicted molar refractivity (Wildman–Crippen MR) is 67.3 cm³/mol. The quantitative estimate of drug-likeness (QED) is 0.698. The molecule has 0 aromatic rings. The Hall–Kier alpha value is -0.0800. The van der Waals surface area contributed by atoms with Crippen LogP contribution in [0.4, 0.5) is 0 Å². The van der Waals surface area contributed by atoms with Crippen molar-refractivity contribution in [2.45, 2.75) is 65.0 Å². The summed E-state index contributed by atoms with van der Waals surface area (Å²) in [5.41, 5.74) is 0.218. The molecule has 2 aliphatic rings. The first kappa shape index (κ1) is 12.4. The minimum atomic E-state index is -0.183. The van der Waals surface area contributed by atoms with Gasteiger partial charge in [0, 0.05) is 12.6 Å².